The van der Waals surface area contributed by atoms with E-state index in [1.54, 1.807) is 14.2 Å². The van der Waals surface area contributed by atoms with Gasteiger partial charge in [0.25, 0.3) is 0 Å². The van der Waals surface area contributed by atoms with Gasteiger partial charge in [0.15, 0.2) is 0 Å². The van der Waals surface area contributed by atoms with Crippen molar-refractivity contribution in [2.24, 2.45) is 0 Å². The Morgan fingerprint density at radius 1 is 1.23 bits per heavy atom. The lowest BCUT2D eigenvalue weighted by Crippen LogP contribution is -1.96. The Bertz CT molecular complexity index is 308. The molecule has 0 unspecified atom stereocenters. The molecule has 0 bridgehead atoms. The van der Waals surface area contributed by atoms with E-state index in [1.165, 1.54) is 18.4 Å². The first-order valence-electron chi connectivity index (χ1n) is 4.44. The lowest BCUT2D eigenvalue weighted by Gasteiger charge is -2.07. The van der Waals surface area contributed by atoms with E-state index >= 15 is 0 Å². The molecule has 1 aromatic heterocycles. The summed E-state index contributed by atoms with van der Waals surface area (Å²) in [5.41, 5.74) is 1.21. The van der Waals surface area contributed by atoms with Gasteiger partial charge in [0, 0.05) is 11.6 Å². The molecule has 0 atom stereocenters. The number of methoxy groups -OCH3 is 2. The highest BCUT2D eigenvalue weighted by Crippen LogP contribution is 2.43. The van der Waals surface area contributed by atoms with Crippen LogP contribution in [-0.4, -0.2) is 19.2 Å². The number of hydrogen-bond donors (Lipinski definition) is 0. The minimum atomic E-state index is 0.612. The van der Waals surface area contributed by atoms with Crippen LogP contribution in [0.5, 0.6) is 11.8 Å². The minimum Gasteiger partial charge on any atom is -0.481 e. The maximum absolute atomic E-state index is 5.20. The average Bonchev–Trinajstić information content (AvgIpc) is 3.00. The molecule has 2 rings (SSSR count). The number of nitrogens with zero attached hydrogens (tertiary/aromatic N) is 1. The largest absolute Gasteiger partial charge is 0.481 e. The van der Waals surface area contributed by atoms with Crippen LogP contribution in [0.15, 0.2) is 12.1 Å². The van der Waals surface area contributed by atoms with Gasteiger partial charge in [-0.25, -0.2) is 0 Å². The van der Waals surface area contributed by atoms with Crippen LogP contribution in [0.2, 0.25) is 0 Å². The fraction of sp³-hybridized carbons (Fsp3) is 0.500. The third-order valence-electron chi connectivity index (χ3n) is 2.28. The summed E-state index contributed by atoms with van der Waals surface area (Å²) in [6.45, 7) is 0. The highest BCUT2D eigenvalue weighted by Gasteiger charge is 2.27. The van der Waals surface area contributed by atoms with E-state index in [1.807, 2.05) is 12.1 Å². The summed E-state index contributed by atoms with van der Waals surface area (Å²) in [6, 6.07) is 3.93. The molecule has 0 amide bonds. The molecule has 1 aliphatic rings. The van der Waals surface area contributed by atoms with Crippen LogP contribution in [0.25, 0.3) is 0 Å². The Labute approximate surface area is 77.7 Å². The monoisotopic (exact) mass is 179 g/mol. The number of aromatic nitrogens is 1. The van der Waals surface area contributed by atoms with Crippen LogP contribution >= 0.6 is 0 Å². The van der Waals surface area contributed by atoms with Gasteiger partial charge >= 0.3 is 0 Å². The molecule has 1 fully saturated rings. The second-order valence-corrected chi connectivity index (χ2v) is 3.23. The molecule has 0 aromatic carbocycles. The van der Waals surface area contributed by atoms with Crippen LogP contribution in [0.4, 0.5) is 0 Å². The van der Waals surface area contributed by atoms with Crippen LogP contribution in [0.3, 0.4) is 0 Å². The van der Waals surface area contributed by atoms with E-state index in [4.69, 9.17) is 9.47 Å². The maximum atomic E-state index is 5.20. The number of hydrogen-bond acceptors (Lipinski definition) is 3. The highest BCUT2D eigenvalue weighted by atomic mass is 16.5. The zero-order valence-corrected chi connectivity index (χ0v) is 7.91. The molecule has 3 nitrogen and oxygen atoms in total. The van der Waals surface area contributed by atoms with Crippen molar-refractivity contribution in [2.75, 3.05) is 14.2 Å². The molecular formula is C10H13NO2. The molecule has 0 radical (unpaired) electrons. The van der Waals surface area contributed by atoms with Gasteiger partial charge in [-0.3, -0.25) is 0 Å². The molecule has 3 heteroatoms. The van der Waals surface area contributed by atoms with Gasteiger partial charge in [0.2, 0.25) is 11.8 Å². The molecule has 70 valence electrons. The van der Waals surface area contributed by atoms with Crippen molar-refractivity contribution in [3.63, 3.8) is 0 Å². The summed E-state index contributed by atoms with van der Waals surface area (Å²) < 4.78 is 10.2. The molecule has 1 heterocycles. The molecular weight excluding hydrogens is 166 g/mol. The Hall–Kier alpha value is -1.25. The van der Waals surface area contributed by atoms with Gasteiger partial charge in [-0.2, -0.15) is 4.98 Å². The average molecular weight is 179 g/mol. The van der Waals surface area contributed by atoms with Crippen molar-refractivity contribution < 1.29 is 9.47 Å². The predicted molar refractivity (Wildman–Crippen MR) is 49.3 cm³/mol. The first-order chi connectivity index (χ1) is 6.35. The predicted octanol–water partition coefficient (Wildman–Crippen LogP) is 1.98. The zero-order chi connectivity index (χ0) is 9.26. The molecule has 0 saturated heterocycles. The third-order valence-corrected chi connectivity index (χ3v) is 2.28. The van der Waals surface area contributed by atoms with E-state index in [-0.39, 0.29) is 0 Å². The summed E-state index contributed by atoms with van der Waals surface area (Å²) in [6.07, 6.45) is 2.51. The molecule has 1 aromatic rings. The maximum Gasteiger partial charge on any atom is 0.219 e. The SMILES string of the molecule is COc1ccc(C2CC2)c(OC)n1. The fourth-order valence-electron chi connectivity index (χ4n) is 1.42. The first kappa shape index (κ1) is 8.35. The van der Waals surface area contributed by atoms with Gasteiger partial charge in [-0.15, -0.1) is 0 Å². The Balaban J connectivity index is 2.33. The number of rotatable bonds is 3. The summed E-state index contributed by atoms with van der Waals surface area (Å²) >= 11 is 0. The van der Waals surface area contributed by atoms with E-state index in [0.717, 1.165) is 0 Å². The van der Waals surface area contributed by atoms with Crippen LogP contribution in [0.1, 0.15) is 24.3 Å². The van der Waals surface area contributed by atoms with Gasteiger partial charge in [-0.05, 0) is 24.8 Å². The minimum absolute atomic E-state index is 0.612. The topological polar surface area (TPSA) is 31.4 Å². The lowest BCUT2D eigenvalue weighted by molar-refractivity contribution is 0.361. The number of ether oxygens (including phenoxy) is 2. The summed E-state index contributed by atoms with van der Waals surface area (Å²) in [4.78, 5) is 4.23. The van der Waals surface area contributed by atoms with E-state index < -0.39 is 0 Å². The van der Waals surface area contributed by atoms with Crippen molar-refractivity contribution >= 4 is 0 Å². The van der Waals surface area contributed by atoms with Crippen molar-refractivity contribution in [1.82, 2.24) is 4.98 Å². The first-order valence-corrected chi connectivity index (χ1v) is 4.44. The molecule has 1 saturated carbocycles. The summed E-state index contributed by atoms with van der Waals surface area (Å²) in [7, 11) is 3.26. The quantitative estimate of drug-likeness (QED) is 0.711. The lowest BCUT2D eigenvalue weighted by atomic mass is 10.2. The van der Waals surface area contributed by atoms with Crippen molar-refractivity contribution in [3.05, 3.63) is 17.7 Å². The third kappa shape index (κ3) is 1.59. The van der Waals surface area contributed by atoms with Crippen molar-refractivity contribution in [2.45, 2.75) is 18.8 Å². The second-order valence-electron chi connectivity index (χ2n) is 3.23. The van der Waals surface area contributed by atoms with E-state index in [2.05, 4.69) is 4.98 Å². The molecule has 1 aliphatic carbocycles. The zero-order valence-electron chi connectivity index (χ0n) is 7.91. The smallest absolute Gasteiger partial charge is 0.219 e. The van der Waals surface area contributed by atoms with E-state index in [0.29, 0.717) is 17.7 Å². The van der Waals surface area contributed by atoms with Crippen LogP contribution in [0, 0.1) is 0 Å². The molecule has 0 spiro atoms. The van der Waals surface area contributed by atoms with Crippen LogP contribution in [-0.2, 0) is 0 Å². The Kier molecular flexibility index (Phi) is 2.08. The standard InChI is InChI=1S/C10H13NO2/c1-12-9-6-5-8(7-3-4-7)10(11-9)13-2/h5-7H,3-4H2,1-2H3. The fourth-order valence-corrected chi connectivity index (χ4v) is 1.42. The van der Waals surface area contributed by atoms with Gasteiger partial charge in [-0.1, -0.05) is 0 Å². The van der Waals surface area contributed by atoms with Crippen molar-refractivity contribution in [3.8, 4) is 11.8 Å². The molecule has 13 heavy (non-hydrogen) atoms. The van der Waals surface area contributed by atoms with Crippen LogP contribution < -0.4 is 9.47 Å². The van der Waals surface area contributed by atoms with E-state index in [9.17, 15) is 0 Å². The van der Waals surface area contributed by atoms with Crippen molar-refractivity contribution in [1.29, 1.82) is 0 Å². The van der Waals surface area contributed by atoms with Gasteiger partial charge in [0.1, 0.15) is 0 Å². The molecule has 0 N–H and O–H groups in total. The number of pyridine rings is 1. The Morgan fingerprint density at radius 3 is 2.54 bits per heavy atom. The summed E-state index contributed by atoms with van der Waals surface area (Å²) in [5.74, 6) is 1.98. The van der Waals surface area contributed by atoms with Gasteiger partial charge in [0.05, 0.1) is 14.2 Å². The normalized spacial score (nSPS) is 15.5. The summed E-state index contributed by atoms with van der Waals surface area (Å²) in [5, 5.41) is 0. The Morgan fingerprint density at radius 2 is 2.00 bits per heavy atom. The van der Waals surface area contributed by atoms with Gasteiger partial charge < -0.3 is 9.47 Å². The molecule has 0 aliphatic heterocycles. The highest BCUT2D eigenvalue weighted by molar-refractivity contribution is 5.36. The second kappa shape index (κ2) is 3.24.